The number of ether oxygens (including phenoxy) is 1. The minimum atomic E-state index is -0.689. The van der Waals surface area contributed by atoms with Crippen molar-refractivity contribution < 1.29 is 13.9 Å². The van der Waals surface area contributed by atoms with Crippen LogP contribution in [0.2, 0.25) is 0 Å². The average molecular weight is 194 g/mol. The molecule has 0 amide bonds. The zero-order valence-corrected chi connectivity index (χ0v) is 7.40. The highest BCUT2D eigenvalue weighted by atomic mass is 19.1. The lowest BCUT2D eigenvalue weighted by Gasteiger charge is -2.01. The van der Waals surface area contributed by atoms with Gasteiger partial charge in [0.2, 0.25) is 0 Å². The fourth-order valence-electron chi connectivity index (χ4n) is 1.23. The van der Waals surface area contributed by atoms with Gasteiger partial charge in [-0.1, -0.05) is 0 Å². The molecule has 0 saturated heterocycles. The Hall–Kier alpha value is -1.91. The molecule has 0 N–H and O–H groups in total. The molecule has 2 heterocycles. The van der Waals surface area contributed by atoms with Crippen LogP contribution in [0.3, 0.4) is 0 Å². The number of pyridine rings is 1. The van der Waals surface area contributed by atoms with Gasteiger partial charge >= 0.3 is 5.97 Å². The van der Waals surface area contributed by atoms with Crippen LogP contribution in [0.15, 0.2) is 24.5 Å². The lowest BCUT2D eigenvalue weighted by Crippen LogP contribution is -2.06. The fourth-order valence-corrected chi connectivity index (χ4v) is 1.23. The van der Waals surface area contributed by atoms with E-state index in [0.717, 1.165) is 0 Å². The van der Waals surface area contributed by atoms with Gasteiger partial charge in [0.05, 0.1) is 18.9 Å². The summed E-state index contributed by atoms with van der Waals surface area (Å²) in [4.78, 5) is 11.1. The first kappa shape index (κ1) is 8.68. The molecule has 0 aliphatic heterocycles. The smallest absolute Gasteiger partial charge is 0.340 e. The van der Waals surface area contributed by atoms with Gasteiger partial charge in [0.1, 0.15) is 5.52 Å². The van der Waals surface area contributed by atoms with Crippen molar-refractivity contribution >= 4 is 11.5 Å². The molecule has 2 rings (SSSR count). The summed E-state index contributed by atoms with van der Waals surface area (Å²) >= 11 is 0. The first-order valence-electron chi connectivity index (χ1n) is 3.94. The monoisotopic (exact) mass is 194 g/mol. The summed E-state index contributed by atoms with van der Waals surface area (Å²) in [7, 11) is 1.21. The second kappa shape index (κ2) is 3.10. The molecule has 0 fully saturated rings. The maximum absolute atomic E-state index is 13.6. The minimum absolute atomic E-state index is 0.0829. The van der Waals surface area contributed by atoms with Crippen molar-refractivity contribution in [2.45, 2.75) is 0 Å². The Balaban J connectivity index is 2.67. The van der Waals surface area contributed by atoms with Gasteiger partial charge in [-0.3, -0.25) is 0 Å². The number of fused-ring (bicyclic) bond motifs is 1. The number of hydrogen-bond acceptors (Lipinski definition) is 3. The molecule has 0 atom stereocenters. The molecule has 0 bridgehead atoms. The third-order valence-corrected chi connectivity index (χ3v) is 1.92. The molecule has 14 heavy (non-hydrogen) atoms. The topological polar surface area (TPSA) is 43.6 Å². The van der Waals surface area contributed by atoms with Gasteiger partial charge in [-0.25, -0.2) is 13.7 Å². The zero-order valence-electron chi connectivity index (χ0n) is 7.40. The van der Waals surface area contributed by atoms with E-state index in [4.69, 9.17) is 0 Å². The number of esters is 1. The summed E-state index contributed by atoms with van der Waals surface area (Å²) in [5.74, 6) is -1.30. The molecule has 2 aromatic heterocycles. The van der Waals surface area contributed by atoms with E-state index in [-0.39, 0.29) is 11.1 Å². The van der Waals surface area contributed by atoms with E-state index in [1.54, 1.807) is 0 Å². The number of aromatic nitrogens is 2. The van der Waals surface area contributed by atoms with E-state index in [0.29, 0.717) is 0 Å². The molecule has 4 nitrogen and oxygen atoms in total. The summed E-state index contributed by atoms with van der Waals surface area (Å²) in [6.07, 6.45) is 2.96. The number of nitrogens with zero attached hydrogens (tertiary/aromatic N) is 2. The Morgan fingerprint density at radius 1 is 1.57 bits per heavy atom. The molecule has 0 unspecified atom stereocenters. The highest BCUT2D eigenvalue weighted by molar-refractivity contribution is 5.91. The van der Waals surface area contributed by atoms with Gasteiger partial charge < -0.3 is 4.74 Å². The molecule has 2 aromatic rings. The van der Waals surface area contributed by atoms with E-state index >= 15 is 0 Å². The predicted molar refractivity (Wildman–Crippen MR) is 46.5 cm³/mol. The SMILES string of the molecule is COC(=O)c1ccn2nccc2c1F. The number of halogens is 1. The largest absolute Gasteiger partial charge is 0.465 e. The third kappa shape index (κ3) is 1.14. The number of hydrogen-bond donors (Lipinski definition) is 0. The molecule has 0 aliphatic carbocycles. The molecule has 0 saturated carbocycles. The highest BCUT2D eigenvalue weighted by Gasteiger charge is 2.14. The van der Waals surface area contributed by atoms with Crippen LogP contribution < -0.4 is 0 Å². The van der Waals surface area contributed by atoms with Crippen LogP contribution in [-0.2, 0) is 4.74 Å². The first-order chi connectivity index (χ1) is 6.74. The molecule has 0 radical (unpaired) electrons. The van der Waals surface area contributed by atoms with Gasteiger partial charge in [0.25, 0.3) is 0 Å². The van der Waals surface area contributed by atoms with Crippen LogP contribution in [0, 0.1) is 5.82 Å². The van der Waals surface area contributed by atoms with Gasteiger partial charge in [0, 0.05) is 6.20 Å². The van der Waals surface area contributed by atoms with Crippen LogP contribution in [0.4, 0.5) is 4.39 Å². The summed E-state index contributed by atoms with van der Waals surface area (Å²) in [6, 6.07) is 2.82. The normalized spacial score (nSPS) is 10.4. The number of carbonyl (C=O) groups excluding carboxylic acids is 1. The lowest BCUT2D eigenvalue weighted by atomic mass is 10.2. The van der Waals surface area contributed by atoms with Crippen molar-refractivity contribution in [2.75, 3.05) is 7.11 Å². The van der Waals surface area contributed by atoms with Gasteiger partial charge in [-0.05, 0) is 12.1 Å². The molecule has 0 aliphatic rings. The van der Waals surface area contributed by atoms with Crippen LogP contribution in [0.5, 0.6) is 0 Å². The van der Waals surface area contributed by atoms with Crippen molar-refractivity contribution in [1.29, 1.82) is 0 Å². The second-order valence-corrected chi connectivity index (χ2v) is 2.70. The van der Waals surface area contributed by atoms with E-state index < -0.39 is 11.8 Å². The fraction of sp³-hybridized carbons (Fsp3) is 0.111. The summed E-state index contributed by atoms with van der Waals surface area (Å²) in [6.45, 7) is 0. The molecule has 5 heteroatoms. The Kier molecular flexibility index (Phi) is 1.92. The molecular formula is C9H7FN2O2. The van der Waals surface area contributed by atoms with Gasteiger partial charge in [-0.2, -0.15) is 5.10 Å². The Morgan fingerprint density at radius 2 is 2.36 bits per heavy atom. The first-order valence-corrected chi connectivity index (χ1v) is 3.94. The summed E-state index contributed by atoms with van der Waals surface area (Å²) in [5.41, 5.74) is 0.174. The maximum Gasteiger partial charge on any atom is 0.340 e. The van der Waals surface area contributed by atoms with Crippen molar-refractivity contribution in [1.82, 2.24) is 9.61 Å². The number of carbonyl (C=O) groups is 1. The van der Waals surface area contributed by atoms with Crippen molar-refractivity contribution in [3.05, 3.63) is 35.9 Å². The van der Waals surface area contributed by atoms with Crippen LogP contribution in [0.25, 0.3) is 5.52 Å². The van der Waals surface area contributed by atoms with E-state index in [1.165, 1.54) is 36.2 Å². The average Bonchev–Trinajstić information content (AvgIpc) is 2.66. The number of methoxy groups -OCH3 is 1. The molecular weight excluding hydrogens is 187 g/mol. The van der Waals surface area contributed by atoms with Gasteiger partial charge in [-0.15, -0.1) is 0 Å². The molecule has 0 aromatic carbocycles. The van der Waals surface area contributed by atoms with E-state index in [9.17, 15) is 9.18 Å². The van der Waals surface area contributed by atoms with E-state index in [1.807, 2.05) is 0 Å². The van der Waals surface area contributed by atoms with Crippen molar-refractivity contribution in [3.8, 4) is 0 Å². The zero-order chi connectivity index (χ0) is 10.1. The van der Waals surface area contributed by atoms with E-state index in [2.05, 4.69) is 9.84 Å². The van der Waals surface area contributed by atoms with Crippen LogP contribution in [-0.4, -0.2) is 22.7 Å². The maximum atomic E-state index is 13.6. The lowest BCUT2D eigenvalue weighted by molar-refractivity contribution is 0.0595. The second-order valence-electron chi connectivity index (χ2n) is 2.70. The summed E-state index contributed by atoms with van der Waals surface area (Å²) in [5, 5.41) is 3.83. The van der Waals surface area contributed by atoms with Crippen LogP contribution in [0.1, 0.15) is 10.4 Å². The van der Waals surface area contributed by atoms with Crippen LogP contribution >= 0.6 is 0 Å². The third-order valence-electron chi connectivity index (χ3n) is 1.92. The Labute approximate surface area is 78.9 Å². The number of rotatable bonds is 1. The quantitative estimate of drug-likeness (QED) is 0.642. The predicted octanol–water partition coefficient (Wildman–Crippen LogP) is 1.26. The Bertz CT molecular complexity index is 493. The molecule has 72 valence electrons. The summed E-state index contributed by atoms with van der Waals surface area (Å²) < 4.78 is 19.4. The molecule has 0 spiro atoms. The van der Waals surface area contributed by atoms with Crippen molar-refractivity contribution in [2.24, 2.45) is 0 Å². The van der Waals surface area contributed by atoms with Crippen molar-refractivity contribution in [3.63, 3.8) is 0 Å². The Morgan fingerprint density at radius 3 is 3.07 bits per heavy atom. The highest BCUT2D eigenvalue weighted by Crippen LogP contribution is 2.14. The minimum Gasteiger partial charge on any atom is -0.465 e. The van der Waals surface area contributed by atoms with Gasteiger partial charge in [0.15, 0.2) is 5.82 Å². The standard InChI is InChI=1S/C9H7FN2O2/c1-14-9(13)6-3-5-12-7(8(6)10)2-4-11-12/h2-5H,1H3.